The number of urea groups is 1. The molecule has 1 aliphatic heterocycles. The SMILES string of the molecule is CC1CC1C(=O)NCCC(=O)NN1C(=O)NC(C)(CCc2ccccc2)C1=O. The third-order valence-corrected chi connectivity index (χ3v) is 5.35. The first kappa shape index (κ1) is 19.9. The highest BCUT2D eigenvalue weighted by Gasteiger charge is 2.48. The van der Waals surface area contributed by atoms with E-state index in [0.717, 1.165) is 17.0 Å². The van der Waals surface area contributed by atoms with E-state index in [9.17, 15) is 19.2 Å². The first-order valence-corrected chi connectivity index (χ1v) is 9.58. The minimum absolute atomic E-state index is 0.00930. The lowest BCUT2D eigenvalue weighted by Gasteiger charge is -2.21. The maximum Gasteiger partial charge on any atom is 0.344 e. The molecule has 1 saturated heterocycles. The molecule has 3 unspecified atom stereocenters. The van der Waals surface area contributed by atoms with Crippen molar-refractivity contribution < 1.29 is 19.2 Å². The Morgan fingerprint density at radius 1 is 1.25 bits per heavy atom. The smallest absolute Gasteiger partial charge is 0.344 e. The number of benzene rings is 1. The van der Waals surface area contributed by atoms with Crippen LogP contribution in [0.2, 0.25) is 0 Å². The standard InChI is InChI=1S/C20H26N4O4/c1-13-12-15(13)17(26)21-11-9-16(25)23-24-18(27)20(2,22-19(24)28)10-8-14-6-4-3-5-7-14/h3-7,13,15H,8-12H2,1-2H3,(H,21,26)(H,22,28)(H,23,25). The van der Waals surface area contributed by atoms with Gasteiger partial charge in [-0.05, 0) is 37.7 Å². The topological polar surface area (TPSA) is 108 Å². The zero-order chi connectivity index (χ0) is 20.3. The molecule has 0 bridgehead atoms. The molecular formula is C20H26N4O4. The number of hydrogen-bond acceptors (Lipinski definition) is 4. The summed E-state index contributed by atoms with van der Waals surface area (Å²) in [5, 5.41) is 6.10. The first-order valence-electron chi connectivity index (χ1n) is 9.58. The summed E-state index contributed by atoms with van der Waals surface area (Å²) in [5.74, 6) is -0.603. The number of hydrazine groups is 1. The van der Waals surface area contributed by atoms with E-state index in [2.05, 4.69) is 16.1 Å². The van der Waals surface area contributed by atoms with Gasteiger partial charge in [-0.25, -0.2) is 4.79 Å². The van der Waals surface area contributed by atoms with E-state index in [1.165, 1.54) is 0 Å². The molecule has 5 amide bonds. The van der Waals surface area contributed by atoms with Crippen molar-refractivity contribution in [1.29, 1.82) is 0 Å². The van der Waals surface area contributed by atoms with Crippen molar-refractivity contribution in [2.75, 3.05) is 6.54 Å². The molecule has 1 heterocycles. The van der Waals surface area contributed by atoms with Gasteiger partial charge in [-0.15, -0.1) is 0 Å². The van der Waals surface area contributed by atoms with Gasteiger partial charge >= 0.3 is 6.03 Å². The molecule has 3 N–H and O–H groups in total. The van der Waals surface area contributed by atoms with E-state index in [-0.39, 0.29) is 24.8 Å². The summed E-state index contributed by atoms with van der Waals surface area (Å²) in [5.41, 5.74) is 2.33. The highest BCUT2D eigenvalue weighted by molar-refractivity contribution is 6.07. The van der Waals surface area contributed by atoms with E-state index in [4.69, 9.17) is 0 Å². The Kier molecular flexibility index (Phi) is 5.67. The lowest BCUT2D eigenvalue weighted by Crippen LogP contribution is -2.49. The highest BCUT2D eigenvalue weighted by atomic mass is 16.2. The maximum atomic E-state index is 12.7. The largest absolute Gasteiger partial charge is 0.355 e. The number of aryl methyl sites for hydroxylation is 1. The summed E-state index contributed by atoms with van der Waals surface area (Å²) in [6.45, 7) is 3.82. The van der Waals surface area contributed by atoms with Crippen LogP contribution in [0.25, 0.3) is 0 Å². The van der Waals surface area contributed by atoms with Gasteiger partial charge in [0.2, 0.25) is 11.8 Å². The molecule has 1 saturated carbocycles. The molecular weight excluding hydrogens is 360 g/mol. The van der Waals surface area contributed by atoms with Gasteiger partial charge in [-0.2, -0.15) is 5.01 Å². The van der Waals surface area contributed by atoms with Crippen LogP contribution < -0.4 is 16.1 Å². The van der Waals surface area contributed by atoms with E-state index in [1.54, 1.807) is 6.92 Å². The van der Waals surface area contributed by atoms with Crippen LogP contribution in [0, 0.1) is 11.8 Å². The molecule has 2 aliphatic rings. The van der Waals surface area contributed by atoms with Gasteiger partial charge < -0.3 is 10.6 Å². The molecule has 0 aromatic heterocycles. The Bertz CT molecular complexity index is 782. The number of rotatable bonds is 8. The summed E-state index contributed by atoms with van der Waals surface area (Å²) in [6, 6.07) is 9.02. The van der Waals surface area contributed by atoms with Crippen molar-refractivity contribution in [3.63, 3.8) is 0 Å². The van der Waals surface area contributed by atoms with E-state index in [1.807, 2.05) is 37.3 Å². The Labute approximate surface area is 164 Å². The van der Waals surface area contributed by atoms with Crippen LogP contribution in [0.15, 0.2) is 30.3 Å². The quantitative estimate of drug-likeness (QED) is 0.582. The van der Waals surface area contributed by atoms with Gasteiger partial charge in [-0.1, -0.05) is 37.3 Å². The van der Waals surface area contributed by atoms with Crippen LogP contribution >= 0.6 is 0 Å². The van der Waals surface area contributed by atoms with Crippen LogP contribution in [0.1, 0.15) is 38.7 Å². The first-order chi connectivity index (χ1) is 13.3. The number of nitrogens with one attached hydrogen (secondary N) is 3. The van der Waals surface area contributed by atoms with Crippen molar-refractivity contribution >= 4 is 23.8 Å². The van der Waals surface area contributed by atoms with Gasteiger partial charge in [0.25, 0.3) is 5.91 Å². The van der Waals surface area contributed by atoms with Gasteiger partial charge in [0.05, 0.1) is 0 Å². The average molecular weight is 386 g/mol. The fraction of sp³-hybridized carbons (Fsp3) is 0.500. The van der Waals surface area contributed by atoms with Crippen LogP contribution in [0.3, 0.4) is 0 Å². The number of imide groups is 1. The lowest BCUT2D eigenvalue weighted by atomic mass is 9.93. The molecule has 0 spiro atoms. The predicted molar refractivity (Wildman–Crippen MR) is 102 cm³/mol. The molecule has 2 fully saturated rings. The fourth-order valence-corrected chi connectivity index (χ4v) is 3.29. The second-order valence-electron chi connectivity index (χ2n) is 7.78. The van der Waals surface area contributed by atoms with Gasteiger partial charge in [0, 0.05) is 18.9 Å². The third kappa shape index (κ3) is 4.49. The highest BCUT2D eigenvalue weighted by Crippen LogP contribution is 2.37. The van der Waals surface area contributed by atoms with Gasteiger partial charge in [-0.3, -0.25) is 19.8 Å². The average Bonchev–Trinajstić information content (AvgIpc) is 3.36. The summed E-state index contributed by atoms with van der Waals surface area (Å²) in [4.78, 5) is 48.7. The van der Waals surface area contributed by atoms with E-state index < -0.39 is 23.4 Å². The molecule has 1 aliphatic carbocycles. The van der Waals surface area contributed by atoms with Gasteiger partial charge in [0.1, 0.15) is 5.54 Å². The number of amides is 5. The van der Waals surface area contributed by atoms with Crippen molar-refractivity contribution in [2.24, 2.45) is 11.8 Å². The second-order valence-corrected chi connectivity index (χ2v) is 7.78. The lowest BCUT2D eigenvalue weighted by molar-refractivity contribution is -0.139. The minimum Gasteiger partial charge on any atom is -0.355 e. The summed E-state index contributed by atoms with van der Waals surface area (Å²) in [6.07, 6.45) is 1.91. The van der Waals surface area contributed by atoms with Crippen molar-refractivity contribution in [3.8, 4) is 0 Å². The number of carbonyl (C=O) groups excluding carboxylic acids is 4. The molecule has 1 aromatic carbocycles. The number of carbonyl (C=O) groups is 4. The zero-order valence-corrected chi connectivity index (χ0v) is 16.2. The minimum atomic E-state index is -1.07. The van der Waals surface area contributed by atoms with Crippen LogP contribution in [0.4, 0.5) is 4.79 Å². The zero-order valence-electron chi connectivity index (χ0n) is 16.2. The molecule has 0 radical (unpaired) electrons. The van der Waals surface area contributed by atoms with Crippen molar-refractivity contribution in [2.45, 2.75) is 45.1 Å². The Morgan fingerprint density at radius 2 is 1.93 bits per heavy atom. The summed E-state index contributed by atoms with van der Waals surface area (Å²) in [7, 11) is 0. The number of hydrogen-bond donors (Lipinski definition) is 3. The normalized spacial score (nSPS) is 26.0. The molecule has 150 valence electrons. The summed E-state index contributed by atoms with van der Waals surface area (Å²) >= 11 is 0. The van der Waals surface area contributed by atoms with Crippen LogP contribution in [0.5, 0.6) is 0 Å². The van der Waals surface area contributed by atoms with Gasteiger partial charge in [0.15, 0.2) is 0 Å². The molecule has 28 heavy (non-hydrogen) atoms. The Hall–Kier alpha value is -2.90. The van der Waals surface area contributed by atoms with E-state index >= 15 is 0 Å². The van der Waals surface area contributed by atoms with E-state index in [0.29, 0.717) is 18.8 Å². The maximum absolute atomic E-state index is 12.7. The molecule has 8 nitrogen and oxygen atoms in total. The van der Waals surface area contributed by atoms with Crippen LogP contribution in [-0.4, -0.2) is 40.8 Å². The molecule has 3 atom stereocenters. The Morgan fingerprint density at radius 3 is 2.57 bits per heavy atom. The summed E-state index contributed by atoms with van der Waals surface area (Å²) < 4.78 is 0. The third-order valence-electron chi connectivity index (χ3n) is 5.35. The van der Waals surface area contributed by atoms with Crippen molar-refractivity contribution in [1.82, 2.24) is 21.1 Å². The second kappa shape index (κ2) is 8.00. The number of nitrogens with zero attached hydrogens (tertiary/aromatic N) is 1. The monoisotopic (exact) mass is 386 g/mol. The van der Waals surface area contributed by atoms with Crippen LogP contribution in [-0.2, 0) is 20.8 Å². The fourth-order valence-electron chi connectivity index (χ4n) is 3.29. The Balaban J connectivity index is 1.47. The molecule has 3 rings (SSSR count). The molecule has 1 aromatic rings. The predicted octanol–water partition coefficient (Wildman–Crippen LogP) is 1.12. The molecule has 8 heteroatoms. The van der Waals surface area contributed by atoms with Crippen molar-refractivity contribution in [3.05, 3.63) is 35.9 Å².